The Morgan fingerprint density at radius 3 is 2.89 bits per heavy atom. The maximum atomic E-state index is 5.12. The van der Waals surface area contributed by atoms with Gasteiger partial charge in [-0.1, -0.05) is 0 Å². The summed E-state index contributed by atoms with van der Waals surface area (Å²) in [6.07, 6.45) is 5.45. The van der Waals surface area contributed by atoms with Gasteiger partial charge in [0, 0.05) is 37.7 Å². The highest BCUT2D eigenvalue weighted by Crippen LogP contribution is 2.60. The molecule has 0 radical (unpaired) electrons. The third-order valence-corrected chi connectivity index (χ3v) is 5.60. The molecule has 2 atom stereocenters. The van der Waals surface area contributed by atoms with Gasteiger partial charge in [-0.3, -0.25) is 0 Å². The van der Waals surface area contributed by atoms with Crippen molar-refractivity contribution in [2.24, 2.45) is 17.3 Å². The molecule has 1 aromatic heterocycles. The first-order valence-corrected chi connectivity index (χ1v) is 8.19. The number of methoxy groups -OCH3 is 1. The molecule has 19 heavy (non-hydrogen) atoms. The SMILES string of the molecule is COCCNCC1(Cc2nc(C)cs2)CC2CC2C1. The zero-order valence-electron chi connectivity index (χ0n) is 11.9. The van der Waals surface area contributed by atoms with Gasteiger partial charge in [0.25, 0.3) is 0 Å². The number of nitrogens with one attached hydrogen (secondary N) is 1. The molecule has 0 aromatic carbocycles. The largest absolute Gasteiger partial charge is 0.383 e. The van der Waals surface area contributed by atoms with Gasteiger partial charge in [0.05, 0.1) is 11.6 Å². The van der Waals surface area contributed by atoms with Crippen molar-refractivity contribution in [2.45, 2.75) is 32.6 Å². The molecule has 0 amide bonds. The Balaban J connectivity index is 1.60. The van der Waals surface area contributed by atoms with Crippen molar-refractivity contribution >= 4 is 11.3 Å². The lowest BCUT2D eigenvalue weighted by Gasteiger charge is -2.30. The van der Waals surface area contributed by atoms with Crippen LogP contribution in [0.2, 0.25) is 0 Å². The molecule has 2 aliphatic carbocycles. The average molecular weight is 280 g/mol. The number of hydrogen-bond donors (Lipinski definition) is 1. The van der Waals surface area contributed by atoms with Crippen molar-refractivity contribution in [2.75, 3.05) is 26.8 Å². The van der Waals surface area contributed by atoms with E-state index in [1.807, 2.05) is 11.3 Å². The fraction of sp³-hybridized carbons (Fsp3) is 0.800. The highest BCUT2D eigenvalue weighted by atomic mass is 32.1. The number of rotatable bonds is 7. The molecular formula is C15H24N2OS. The molecule has 1 N–H and O–H groups in total. The van der Waals surface area contributed by atoms with Crippen LogP contribution in [0.3, 0.4) is 0 Å². The third kappa shape index (κ3) is 3.18. The quantitative estimate of drug-likeness (QED) is 0.780. The smallest absolute Gasteiger partial charge is 0.0934 e. The standard InChI is InChI=1S/C15H24N2OS/c1-11-9-19-14(17-11)8-15(10-16-3-4-18-2)6-12-5-13(12)7-15/h9,12-13,16H,3-8,10H2,1-2H3. The Hall–Kier alpha value is -0.450. The first-order valence-electron chi connectivity index (χ1n) is 7.31. The molecule has 1 heterocycles. The molecule has 0 spiro atoms. The van der Waals surface area contributed by atoms with Gasteiger partial charge in [-0.25, -0.2) is 4.98 Å². The minimum atomic E-state index is 0.464. The second kappa shape index (κ2) is 5.51. The fourth-order valence-electron chi connectivity index (χ4n) is 3.69. The topological polar surface area (TPSA) is 34.1 Å². The first-order chi connectivity index (χ1) is 9.21. The highest BCUT2D eigenvalue weighted by Gasteiger charge is 2.53. The van der Waals surface area contributed by atoms with Crippen LogP contribution in [0.5, 0.6) is 0 Å². The molecule has 3 nitrogen and oxygen atoms in total. The van der Waals surface area contributed by atoms with Crippen LogP contribution in [0, 0.1) is 24.2 Å². The van der Waals surface area contributed by atoms with Gasteiger partial charge in [-0.05, 0) is 43.4 Å². The molecule has 1 aromatic rings. The van der Waals surface area contributed by atoms with E-state index in [-0.39, 0.29) is 0 Å². The average Bonchev–Trinajstić information content (AvgIpc) is 2.81. The van der Waals surface area contributed by atoms with E-state index in [0.29, 0.717) is 5.41 Å². The van der Waals surface area contributed by atoms with E-state index in [0.717, 1.165) is 31.5 Å². The van der Waals surface area contributed by atoms with Gasteiger partial charge in [-0.15, -0.1) is 11.3 Å². The Morgan fingerprint density at radius 2 is 2.26 bits per heavy atom. The Bertz CT molecular complexity index is 422. The van der Waals surface area contributed by atoms with E-state index < -0.39 is 0 Å². The van der Waals surface area contributed by atoms with E-state index in [4.69, 9.17) is 4.74 Å². The van der Waals surface area contributed by atoms with Crippen LogP contribution in [-0.2, 0) is 11.2 Å². The summed E-state index contributed by atoms with van der Waals surface area (Å²) in [5, 5.41) is 7.09. The number of aryl methyl sites for hydroxylation is 1. The molecule has 2 fully saturated rings. The predicted molar refractivity (Wildman–Crippen MR) is 78.6 cm³/mol. The molecule has 3 rings (SSSR count). The molecule has 4 heteroatoms. The van der Waals surface area contributed by atoms with Crippen LogP contribution in [0.25, 0.3) is 0 Å². The Labute approximate surface area is 119 Å². The minimum absolute atomic E-state index is 0.464. The summed E-state index contributed by atoms with van der Waals surface area (Å²) in [6.45, 7) is 4.99. The number of thiazole rings is 1. The summed E-state index contributed by atoms with van der Waals surface area (Å²) in [6, 6.07) is 0. The fourth-order valence-corrected chi connectivity index (χ4v) is 4.64. The molecule has 2 aliphatic rings. The summed E-state index contributed by atoms with van der Waals surface area (Å²) < 4.78 is 5.12. The molecule has 2 unspecified atom stereocenters. The van der Waals surface area contributed by atoms with Crippen molar-refractivity contribution in [3.63, 3.8) is 0 Å². The van der Waals surface area contributed by atoms with Crippen molar-refractivity contribution in [1.82, 2.24) is 10.3 Å². The molecule has 0 saturated heterocycles. The van der Waals surface area contributed by atoms with Gasteiger partial charge >= 0.3 is 0 Å². The lowest BCUT2D eigenvalue weighted by Crippen LogP contribution is -2.36. The van der Waals surface area contributed by atoms with E-state index >= 15 is 0 Å². The van der Waals surface area contributed by atoms with Gasteiger partial charge in [0.1, 0.15) is 0 Å². The summed E-state index contributed by atoms with van der Waals surface area (Å²) >= 11 is 1.83. The van der Waals surface area contributed by atoms with Crippen molar-refractivity contribution in [3.8, 4) is 0 Å². The Morgan fingerprint density at radius 1 is 1.47 bits per heavy atom. The van der Waals surface area contributed by atoms with Crippen molar-refractivity contribution < 1.29 is 4.74 Å². The van der Waals surface area contributed by atoms with Crippen LogP contribution >= 0.6 is 11.3 Å². The zero-order chi connectivity index (χ0) is 13.3. The second-order valence-corrected chi connectivity index (χ2v) is 7.34. The highest BCUT2D eigenvalue weighted by molar-refractivity contribution is 7.09. The lowest BCUT2D eigenvalue weighted by atomic mass is 9.80. The monoisotopic (exact) mass is 280 g/mol. The van der Waals surface area contributed by atoms with E-state index in [1.54, 1.807) is 7.11 Å². The second-order valence-electron chi connectivity index (χ2n) is 6.39. The van der Waals surface area contributed by atoms with Crippen LogP contribution in [0.4, 0.5) is 0 Å². The van der Waals surface area contributed by atoms with Gasteiger partial charge in [-0.2, -0.15) is 0 Å². The summed E-state index contributed by atoms with van der Waals surface area (Å²) in [5.41, 5.74) is 1.64. The maximum absolute atomic E-state index is 5.12. The molecule has 0 bridgehead atoms. The minimum Gasteiger partial charge on any atom is -0.383 e. The number of ether oxygens (including phenoxy) is 1. The van der Waals surface area contributed by atoms with Crippen LogP contribution in [0.1, 0.15) is 30.0 Å². The Kier molecular flexibility index (Phi) is 3.92. The number of aromatic nitrogens is 1. The van der Waals surface area contributed by atoms with Gasteiger partial charge in [0.2, 0.25) is 0 Å². The third-order valence-electron chi connectivity index (χ3n) is 4.64. The normalized spacial score (nSPS) is 32.5. The summed E-state index contributed by atoms with van der Waals surface area (Å²) in [5.74, 6) is 2.04. The predicted octanol–water partition coefficient (Wildman–Crippen LogP) is 2.65. The summed E-state index contributed by atoms with van der Waals surface area (Å²) in [4.78, 5) is 4.67. The molecule has 0 aliphatic heterocycles. The van der Waals surface area contributed by atoms with Crippen LogP contribution in [0.15, 0.2) is 5.38 Å². The zero-order valence-corrected chi connectivity index (χ0v) is 12.8. The number of fused-ring (bicyclic) bond motifs is 1. The first kappa shape index (κ1) is 13.5. The van der Waals surface area contributed by atoms with Gasteiger partial charge < -0.3 is 10.1 Å². The van der Waals surface area contributed by atoms with Crippen molar-refractivity contribution in [3.05, 3.63) is 16.1 Å². The summed E-state index contributed by atoms with van der Waals surface area (Å²) in [7, 11) is 1.76. The molecule has 106 valence electrons. The van der Waals surface area contributed by atoms with Crippen molar-refractivity contribution in [1.29, 1.82) is 0 Å². The van der Waals surface area contributed by atoms with Gasteiger partial charge in [0.15, 0.2) is 0 Å². The van der Waals surface area contributed by atoms with E-state index in [1.165, 1.54) is 36.4 Å². The van der Waals surface area contributed by atoms with Crippen LogP contribution < -0.4 is 5.32 Å². The lowest BCUT2D eigenvalue weighted by molar-refractivity contribution is 0.186. The molecule has 2 saturated carbocycles. The van der Waals surface area contributed by atoms with Crippen LogP contribution in [-0.4, -0.2) is 31.8 Å². The number of hydrogen-bond acceptors (Lipinski definition) is 4. The van der Waals surface area contributed by atoms with E-state index in [2.05, 4.69) is 22.6 Å². The number of nitrogens with zero attached hydrogens (tertiary/aromatic N) is 1. The van der Waals surface area contributed by atoms with E-state index in [9.17, 15) is 0 Å². The maximum Gasteiger partial charge on any atom is 0.0934 e. The molecular weight excluding hydrogens is 256 g/mol.